The van der Waals surface area contributed by atoms with Gasteiger partial charge >= 0.3 is 12.1 Å². The Balaban J connectivity index is 4.19. The van der Waals surface area contributed by atoms with Crippen LogP contribution in [0, 0.1) is 0 Å². The summed E-state index contributed by atoms with van der Waals surface area (Å²) in [4.78, 5) is 22.4. The molecule has 16 heavy (non-hydrogen) atoms. The van der Waals surface area contributed by atoms with E-state index in [9.17, 15) is 9.59 Å². The fourth-order valence-electron chi connectivity index (χ4n) is 0.923. The van der Waals surface area contributed by atoms with E-state index in [4.69, 9.17) is 10.5 Å². The average Bonchev–Trinajstić information content (AvgIpc) is 2.12. The molecule has 0 aliphatic carbocycles. The quantitative estimate of drug-likeness (QED) is 0.687. The van der Waals surface area contributed by atoms with Gasteiger partial charge < -0.3 is 20.5 Å². The Morgan fingerprint density at radius 1 is 1.31 bits per heavy atom. The van der Waals surface area contributed by atoms with Gasteiger partial charge in [0, 0.05) is 0 Å². The van der Waals surface area contributed by atoms with Gasteiger partial charge in [0.1, 0.15) is 11.6 Å². The van der Waals surface area contributed by atoms with Crippen LogP contribution in [0.1, 0.15) is 27.7 Å². The van der Waals surface area contributed by atoms with Crippen molar-refractivity contribution in [2.45, 2.75) is 45.4 Å². The van der Waals surface area contributed by atoms with Crippen LogP contribution in [0.4, 0.5) is 4.79 Å². The van der Waals surface area contributed by atoms with Crippen LogP contribution >= 0.6 is 0 Å². The van der Waals surface area contributed by atoms with Crippen molar-refractivity contribution in [1.82, 2.24) is 5.32 Å². The topological polar surface area (TPSA) is 90.6 Å². The second-order valence-electron chi connectivity index (χ2n) is 4.48. The van der Waals surface area contributed by atoms with Gasteiger partial charge in [-0.2, -0.15) is 0 Å². The summed E-state index contributed by atoms with van der Waals surface area (Å²) in [6, 6.07) is -1.46. The molecule has 0 saturated heterocycles. The minimum absolute atomic E-state index is 0.553. The number of amides is 1. The highest BCUT2D eigenvalue weighted by Gasteiger charge is 2.25. The van der Waals surface area contributed by atoms with Crippen LogP contribution in [0.3, 0.4) is 0 Å². The first kappa shape index (κ1) is 14.7. The van der Waals surface area contributed by atoms with E-state index in [0.29, 0.717) is 0 Å². The van der Waals surface area contributed by atoms with Gasteiger partial charge in [-0.25, -0.2) is 4.79 Å². The predicted octanol–water partition coefficient (Wildman–Crippen LogP) is 0.400. The average molecular weight is 232 g/mol. The summed E-state index contributed by atoms with van der Waals surface area (Å²) in [6.07, 6.45) is -0.612. The Bertz CT molecular complexity index is 260. The monoisotopic (exact) mass is 232 g/mol. The highest BCUT2D eigenvalue weighted by molar-refractivity contribution is 5.77. The van der Waals surface area contributed by atoms with Crippen LogP contribution < -0.4 is 11.1 Å². The third-order valence-electron chi connectivity index (χ3n) is 1.76. The van der Waals surface area contributed by atoms with Crippen LogP contribution in [-0.2, 0) is 14.3 Å². The number of hydrogen-bond donors (Lipinski definition) is 2. The zero-order valence-electron chi connectivity index (χ0n) is 10.4. The molecule has 0 aromatic carbocycles. The number of ether oxygens (including phenoxy) is 2. The molecular weight excluding hydrogens is 212 g/mol. The number of nitrogens with one attached hydrogen (secondary N) is 1. The molecule has 0 spiro atoms. The van der Waals surface area contributed by atoms with Crippen molar-refractivity contribution in [2.24, 2.45) is 5.73 Å². The van der Waals surface area contributed by atoms with Crippen molar-refractivity contribution in [3.05, 3.63) is 0 Å². The standard InChI is InChI=1S/C10H20N2O4/c1-6(7(11)8(13)15-5)12-9(14)16-10(2,3)4/h6-7H,11H2,1-5H3,(H,12,14)/t6-,7+/m0/s1. The molecule has 3 N–H and O–H groups in total. The Kier molecular flexibility index (Phi) is 5.23. The number of alkyl carbamates (subject to hydrolysis) is 1. The third-order valence-corrected chi connectivity index (χ3v) is 1.76. The fourth-order valence-corrected chi connectivity index (χ4v) is 0.923. The van der Waals surface area contributed by atoms with E-state index < -0.39 is 29.7 Å². The van der Waals surface area contributed by atoms with E-state index in [2.05, 4.69) is 10.1 Å². The van der Waals surface area contributed by atoms with Crippen LogP contribution in [0.15, 0.2) is 0 Å². The molecule has 0 radical (unpaired) electrons. The lowest BCUT2D eigenvalue weighted by Crippen LogP contribution is -2.51. The van der Waals surface area contributed by atoms with E-state index in [1.807, 2.05) is 0 Å². The Morgan fingerprint density at radius 3 is 2.19 bits per heavy atom. The van der Waals surface area contributed by atoms with Crippen molar-refractivity contribution < 1.29 is 19.1 Å². The number of rotatable bonds is 3. The van der Waals surface area contributed by atoms with Gasteiger partial charge in [0.05, 0.1) is 13.2 Å². The maximum Gasteiger partial charge on any atom is 0.407 e. The molecule has 0 bridgehead atoms. The molecule has 0 rings (SSSR count). The van der Waals surface area contributed by atoms with Gasteiger partial charge in [-0.1, -0.05) is 0 Å². The molecule has 1 amide bonds. The lowest BCUT2D eigenvalue weighted by Gasteiger charge is -2.23. The Hall–Kier alpha value is -1.30. The summed E-state index contributed by atoms with van der Waals surface area (Å²) in [7, 11) is 1.24. The van der Waals surface area contributed by atoms with Gasteiger partial charge in [-0.05, 0) is 27.7 Å². The highest BCUT2D eigenvalue weighted by Crippen LogP contribution is 2.07. The van der Waals surface area contributed by atoms with Crippen molar-refractivity contribution in [1.29, 1.82) is 0 Å². The first-order valence-corrected chi connectivity index (χ1v) is 5.00. The van der Waals surface area contributed by atoms with Gasteiger partial charge in [-0.15, -0.1) is 0 Å². The SMILES string of the molecule is COC(=O)[C@H](N)[C@H](C)NC(=O)OC(C)(C)C. The normalized spacial score (nSPS) is 14.9. The van der Waals surface area contributed by atoms with Crippen molar-refractivity contribution in [2.75, 3.05) is 7.11 Å². The highest BCUT2D eigenvalue weighted by atomic mass is 16.6. The number of carbonyl (C=O) groups excluding carboxylic acids is 2. The number of methoxy groups -OCH3 is 1. The second-order valence-corrected chi connectivity index (χ2v) is 4.48. The molecule has 0 heterocycles. The van der Waals surface area contributed by atoms with E-state index in [0.717, 1.165) is 0 Å². The number of hydrogen-bond acceptors (Lipinski definition) is 5. The number of carbonyl (C=O) groups is 2. The van der Waals surface area contributed by atoms with E-state index in [1.54, 1.807) is 27.7 Å². The summed E-state index contributed by atoms with van der Waals surface area (Å²) in [6.45, 7) is 6.85. The van der Waals surface area contributed by atoms with Crippen LogP contribution in [0.5, 0.6) is 0 Å². The van der Waals surface area contributed by atoms with E-state index in [1.165, 1.54) is 7.11 Å². The first-order valence-electron chi connectivity index (χ1n) is 5.00. The number of esters is 1. The summed E-state index contributed by atoms with van der Waals surface area (Å²) in [5, 5.41) is 2.46. The molecule has 0 aromatic rings. The van der Waals surface area contributed by atoms with Gasteiger partial charge in [-0.3, -0.25) is 4.79 Å². The predicted molar refractivity (Wildman–Crippen MR) is 58.8 cm³/mol. The molecule has 6 heteroatoms. The van der Waals surface area contributed by atoms with Gasteiger partial charge in [0.15, 0.2) is 0 Å². The molecular formula is C10H20N2O4. The van der Waals surface area contributed by atoms with Crippen molar-refractivity contribution >= 4 is 12.1 Å². The van der Waals surface area contributed by atoms with Crippen LogP contribution in [0.25, 0.3) is 0 Å². The second kappa shape index (κ2) is 5.69. The van der Waals surface area contributed by atoms with Gasteiger partial charge in [0.25, 0.3) is 0 Å². The van der Waals surface area contributed by atoms with E-state index >= 15 is 0 Å². The van der Waals surface area contributed by atoms with Crippen molar-refractivity contribution in [3.8, 4) is 0 Å². The summed E-state index contributed by atoms with van der Waals surface area (Å²) >= 11 is 0. The maximum absolute atomic E-state index is 11.3. The first-order chi connectivity index (χ1) is 7.17. The van der Waals surface area contributed by atoms with Gasteiger partial charge in [0.2, 0.25) is 0 Å². The molecule has 6 nitrogen and oxygen atoms in total. The summed E-state index contributed by atoms with van der Waals surface area (Å²) < 4.78 is 9.47. The molecule has 94 valence electrons. The molecule has 0 aliphatic rings. The molecule has 0 fully saturated rings. The third kappa shape index (κ3) is 5.55. The summed E-state index contributed by atoms with van der Waals surface area (Å²) in [5.41, 5.74) is 4.95. The largest absolute Gasteiger partial charge is 0.468 e. The molecule has 2 atom stereocenters. The maximum atomic E-state index is 11.3. The molecule has 0 aliphatic heterocycles. The van der Waals surface area contributed by atoms with Crippen LogP contribution in [-0.4, -0.2) is 36.9 Å². The lowest BCUT2D eigenvalue weighted by molar-refractivity contribution is -0.142. The van der Waals surface area contributed by atoms with E-state index in [-0.39, 0.29) is 0 Å². The zero-order chi connectivity index (χ0) is 12.9. The van der Waals surface area contributed by atoms with Crippen molar-refractivity contribution in [3.63, 3.8) is 0 Å². The Morgan fingerprint density at radius 2 is 1.81 bits per heavy atom. The summed E-state index contributed by atoms with van der Waals surface area (Å²) in [5.74, 6) is -0.580. The Labute approximate surface area is 95.5 Å². The minimum atomic E-state index is -0.905. The molecule has 0 aromatic heterocycles. The fraction of sp³-hybridized carbons (Fsp3) is 0.800. The number of nitrogens with two attached hydrogens (primary N) is 1. The smallest absolute Gasteiger partial charge is 0.407 e. The molecule has 0 saturated carbocycles. The zero-order valence-corrected chi connectivity index (χ0v) is 10.4. The van der Waals surface area contributed by atoms with Crippen LogP contribution in [0.2, 0.25) is 0 Å². The minimum Gasteiger partial charge on any atom is -0.468 e. The molecule has 0 unspecified atom stereocenters. The lowest BCUT2D eigenvalue weighted by atomic mass is 10.1.